The number of anilines is 1. The van der Waals surface area contributed by atoms with Crippen LogP contribution in [0, 0.1) is 0 Å². The zero-order chi connectivity index (χ0) is 36.4. The predicted octanol–water partition coefficient (Wildman–Crippen LogP) is 2.33. The molecule has 0 saturated carbocycles. The van der Waals surface area contributed by atoms with E-state index in [0.29, 0.717) is 11.4 Å². The first-order valence-electron chi connectivity index (χ1n) is 17.7. The minimum absolute atomic E-state index is 0.0974. The summed E-state index contributed by atoms with van der Waals surface area (Å²) in [5.41, 5.74) is 3.90. The highest BCUT2D eigenvalue weighted by atomic mass is 16.5. The molecule has 3 amide bonds. The third kappa shape index (κ3) is 7.21. The molecule has 1 unspecified atom stereocenters. The molecule has 272 valence electrons. The molecule has 3 aliphatic heterocycles. The molecule has 1 aromatic carbocycles. The number of rotatable bonds is 9. The predicted molar refractivity (Wildman–Crippen MR) is 195 cm³/mol. The van der Waals surface area contributed by atoms with Crippen LogP contribution in [0.3, 0.4) is 0 Å². The Hall–Kier alpha value is -5.34. The lowest BCUT2D eigenvalue weighted by atomic mass is 9.98. The Morgan fingerprint density at radius 3 is 2.37 bits per heavy atom. The van der Waals surface area contributed by atoms with Crippen molar-refractivity contribution in [1.82, 2.24) is 35.0 Å². The number of aromatic nitrogens is 3. The standard InChI is InChI=1S/C38H44N8O6/c1-43-23-30(27-8-11-39-21-29(27)38(43)50)28-19-33(51-2)24(18-34(28)52-3)22-44-14-16-46(17-15-44)25-9-12-45(13-10-25)26-4-5-31(40-20-26)36(48)41-32-6-7-35(47)42-37(32)49/h4-5,8,11,18-21,23,25,32H,6-7,9-10,12-17,22H2,1-3H3,(H,41,48)(H,42,47,49). The van der Waals surface area contributed by atoms with Crippen LogP contribution in [0.5, 0.6) is 11.5 Å². The highest BCUT2D eigenvalue weighted by Crippen LogP contribution is 2.39. The fraction of sp³-hybridized carbons (Fsp3) is 0.421. The van der Waals surface area contributed by atoms with E-state index in [2.05, 4.69) is 41.4 Å². The molecule has 14 heteroatoms. The summed E-state index contributed by atoms with van der Waals surface area (Å²) in [5, 5.41) is 6.30. The number of ether oxygens (including phenoxy) is 2. The van der Waals surface area contributed by atoms with Gasteiger partial charge < -0.3 is 24.3 Å². The third-order valence-electron chi connectivity index (χ3n) is 10.5. The fourth-order valence-corrected chi connectivity index (χ4v) is 7.61. The first kappa shape index (κ1) is 35.1. The van der Waals surface area contributed by atoms with Crippen molar-refractivity contribution in [3.63, 3.8) is 0 Å². The van der Waals surface area contributed by atoms with Gasteiger partial charge in [-0.15, -0.1) is 0 Å². The number of hydrogen-bond donors (Lipinski definition) is 2. The van der Waals surface area contributed by atoms with E-state index in [1.807, 2.05) is 24.4 Å². The van der Waals surface area contributed by atoms with Crippen molar-refractivity contribution in [1.29, 1.82) is 0 Å². The van der Waals surface area contributed by atoms with Crippen LogP contribution < -0.4 is 30.6 Å². The lowest BCUT2D eigenvalue weighted by molar-refractivity contribution is -0.134. The molecule has 0 bridgehead atoms. The molecule has 3 fully saturated rings. The fourth-order valence-electron chi connectivity index (χ4n) is 7.61. The first-order chi connectivity index (χ1) is 25.2. The number of nitrogens with zero attached hydrogens (tertiary/aromatic N) is 6. The summed E-state index contributed by atoms with van der Waals surface area (Å²) in [5.74, 6) is 0.265. The van der Waals surface area contributed by atoms with Crippen molar-refractivity contribution in [2.75, 3.05) is 58.4 Å². The Morgan fingerprint density at radius 1 is 0.904 bits per heavy atom. The normalized spacial score (nSPS) is 19.1. The summed E-state index contributed by atoms with van der Waals surface area (Å²) in [6.45, 7) is 6.39. The quantitative estimate of drug-likeness (QED) is 0.247. The van der Waals surface area contributed by atoms with Crippen molar-refractivity contribution in [3.8, 4) is 22.6 Å². The molecular weight excluding hydrogens is 664 g/mol. The summed E-state index contributed by atoms with van der Waals surface area (Å²) < 4.78 is 13.4. The summed E-state index contributed by atoms with van der Waals surface area (Å²) in [7, 11) is 5.10. The van der Waals surface area contributed by atoms with E-state index < -0.39 is 17.9 Å². The molecule has 0 radical (unpaired) electrons. The molecule has 3 aliphatic rings. The SMILES string of the molecule is COc1cc(-c2cn(C)c(=O)c3cnccc23)c(OC)cc1CN1CCN(C2CCN(c3ccc(C(=O)NC4CCC(=O)NC4=O)nc3)CC2)CC1. The van der Waals surface area contributed by atoms with Gasteiger partial charge in [0.2, 0.25) is 11.8 Å². The summed E-state index contributed by atoms with van der Waals surface area (Å²) in [6, 6.07) is 9.29. The third-order valence-corrected chi connectivity index (χ3v) is 10.5. The number of carbonyl (C=O) groups is 3. The van der Waals surface area contributed by atoms with Gasteiger partial charge in [-0.2, -0.15) is 0 Å². The number of benzene rings is 1. The van der Waals surface area contributed by atoms with Crippen LogP contribution >= 0.6 is 0 Å². The maximum atomic E-state index is 12.8. The highest BCUT2D eigenvalue weighted by molar-refractivity contribution is 6.03. The van der Waals surface area contributed by atoms with Crippen LogP contribution in [0.2, 0.25) is 0 Å². The summed E-state index contributed by atoms with van der Waals surface area (Å²) >= 11 is 0. The number of hydrogen-bond acceptors (Lipinski definition) is 11. The molecule has 6 heterocycles. The van der Waals surface area contributed by atoms with Gasteiger partial charge in [-0.25, -0.2) is 4.98 Å². The van der Waals surface area contributed by atoms with Crippen LogP contribution in [0.15, 0.2) is 59.9 Å². The number of imide groups is 1. The number of piperidine rings is 2. The van der Waals surface area contributed by atoms with Gasteiger partial charge in [0.15, 0.2) is 0 Å². The second-order valence-electron chi connectivity index (χ2n) is 13.7. The van der Waals surface area contributed by atoms with Gasteiger partial charge in [-0.05, 0) is 55.0 Å². The molecule has 4 aromatic rings. The number of piperazine rings is 1. The maximum absolute atomic E-state index is 12.8. The van der Waals surface area contributed by atoms with E-state index >= 15 is 0 Å². The van der Waals surface area contributed by atoms with E-state index in [-0.39, 0.29) is 30.0 Å². The molecule has 7 rings (SSSR count). The van der Waals surface area contributed by atoms with Gasteiger partial charge >= 0.3 is 0 Å². The van der Waals surface area contributed by atoms with Crippen molar-refractivity contribution in [2.45, 2.75) is 44.3 Å². The van der Waals surface area contributed by atoms with Gasteiger partial charge in [0.05, 0.1) is 31.5 Å². The Kier molecular flexibility index (Phi) is 10.2. The molecule has 0 spiro atoms. The van der Waals surface area contributed by atoms with E-state index in [9.17, 15) is 19.2 Å². The second-order valence-corrected chi connectivity index (χ2v) is 13.7. The molecule has 3 aromatic heterocycles. The molecule has 3 saturated heterocycles. The monoisotopic (exact) mass is 708 g/mol. The Bertz CT molecular complexity index is 2030. The Labute approximate surface area is 301 Å². The molecule has 14 nitrogen and oxygen atoms in total. The second kappa shape index (κ2) is 15.1. The van der Waals surface area contributed by atoms with Gasteiger partial charge in [0.1, 0.15) is 23.2 Å². The van der Waals surface area contributed by atoms with Crippen LogP contribution in [0.25, 0.3) is 21.9 Å². The number of amides is 3. The largest absolute Gasteiger partial charge is 0.496 e. The molecule has 52 heavy (non-hydrogen) atoms. The zero-order valence-corrected chi connectivity index (χ0v) is 29.8. The van der Waals surface area contributed by atoms with E-state index in [1.165, 1.54) is 0 Å². The molecule has 0 aliphatic carbocycles. The number of pyridine rings is 3. The highest BCUT2D eigenvalue weighted by Gasteiger charge is 2.30. The topological polar surface area (TPSA) is 151 Å². The van der Waals surface area contributed by atoms with Crippen molar-refractivity contribution >= 4 is 34.2 Å². The van der Waals surface area contributed by atoms with Gasteiger partial charge in [-0.1, -0.05) is 0 Å². The van der Waals surface area contributed by atoms with E-state index in [4.69, 9.17) is 9.47 Å². The van der Waals surface area contributed by atoms with E-state index in [1.54, 1.807) is 50.5 Å². The van der Waals surface area contributed by atoms with Crippen molar-refractivity contribution < 1.29 is 23.9 Å². The number of aryl methyl sites for hydroxylation is 1. The van der Waals surface area contributed by atoms with Gasteiger partial charge in [0, 0.05) is 101 Å². The first-order valence-corrected chi connectivity index (χ1v) is 17.7. The number of carbonyl (C=O) groups excluding carboxylic acids is 3. The lowest BCUT2D eigenvalue weighted by Gasteiger charge is -2.43. The van der Waals surface area contributed by atoms with Gasteiger partial charge in [-0.3, -0.25) is 39.3 Å². The zero-order valence-electron chi connectivity index (χ0n) is 29.8. The minimum Gasteiger partial charge on any atom is -0.496 e. The van der Waals surface area contributed by atoms with Gasteiger partial charge in [0.25, 0.3) is 11.5 Å². The average Bonchev–Trinajstić information content (AvgIpc) is 3.17. The Balaban J connectivity index is 0.932. The number of nitrogens with one attached hydrogen (secondary N) is 2. The van der Waals surface area contributed by atoms with Crippen LogP contribution in [0.4, 0.5) is 5.69 Å². The molecular formula is C38H44N8O6. The van der Waals surface area contributed by atoms with Crippen LogP contribution in [-0.2, 0) is 23.2 Å². The molecule has 2 N–H and O–H groups in total. The summed E-state index contributed by atoms with van der Waals surface area (Å²) in [4.78, 5) is 64.8. The Morgan fingerprint density at radius 2 is 1.67 bits per heavy atom. The van der Waals surface area contributed by atoms with Crippen LogP contribution in [0.1, 0.15) is 41.7 Å². The average molecular weight is 709 g/mol. The molecule has 1 atom stereocenters. The van der Waals surface area contributed by atoms with Crippen molar-refractivity contribution in [2.24, 2.45) is 7.05 Å². The lowest BCUT2D eigenvalue weighted by Crippen LogP contribution is -2.53. The summed E-state index contributed by atoms with van der Waals surface area (Å²) in [6.07, 6.45) is 9.43. The van der Waals surface area contributed by atoms with Crippen LogP contribution in [-0.4, -0.2) is 108 Å². The number of methoxy groups -OCH3 is 2. The minimum atomic E-state index is -0.732. The van der Waals surface area contributed by atoms with Crippen molar-refractivity contribution in [3.05, 3.63) is 76.7 Å². The maximum Gasteiger partial charge on any atom is 0.270 e. The van der Waals surface area contributed by atoms with E-state index in [0.717, 1.165) is 97.9 Å². The smallest absolute Gasteiger partial charge is 0.270 e. The number of fused-ring (bicyclic) bond motifs is 1.